The third-order valence-electron chi connectivity index (χ3n) is 4.39. The van der Waals surface area contributed by atoms with E-state index < -0.39 is 0 Å². The molecule has 0 bridgehead atoms. The molecule has 0 spiro atoms. The predicted octanol–water partition coefficient (Wildman–Crippen LogP) is 0.267. The van der Waals surface area contributed by atoms with E-state index in [0.717, 1.165) is 39.3 Å². The second-order valence-electron chi connectivity index (χ2n) is 6.16. The van der Waals surface area contributed by atoms with Crippen LogP contribution < -0.4 is 0 Å². The van der Waals surface area contributed by atoms with Gasteiger partial charge in [0.1, 0.15) is 0 Å². The maximum absolute atomic E-state index is 9.60. The minimum Gasteiger partial charge on any atom is -0.396 e. The Morgan fingerprint density at radius 1 is 1.41 bits per heavy atom. The summed E-state index contributed by atoms with van der Waals surface area (Å²) in [5.74, 6) is 0.711. The smallest absolute Gasteiger partial charge is 0.0557 e. The number of hydrogen-bond acceptors (Lipinski definition) is 4. The molecule has 0 aliphatic carbocycles. The van der Waals surface area contributed by atoms with Crippen molar-refractivity contribution in [3.63, 3.8) is 0 Å². The van der Waals surface area contributed by atoms with Gasteiger partial charge >= 0.3 is 0 Å². The largest absolute Gasteiger partial charge is 0.396 e. The lowest BCUT2D eigenvalue weighted by atomic mass is 9.88. The number of ether oxygens (including phenoxy) is 1. The van der Waals surface area contributed by atoms with Gasteiger partial charge in [-0.1, -0.05) is 6.92 Å². The molecule has 4 nitrogen and oxygen atoms in total. The maximum Gasteiger partial charge on any atom is 0.0557 e. The van der Waals surface area contributed by atoms with E-state index in [1.165, 1.54) is 0 Å². The van der Waals surface area contributed by atoms with Gasteiger partial charge in [0.05, 0.1) is 13.2 Å². The molecule has 0 radical (unpaired) electrons. The average molecular weight is 242 g/mol. The van der Waals surface area contributed by atoms with Crippen molar-refractivity contribution >= 4 is 0 Å². The van der Waals surface area contributed by atoms with Gasteiger partial charge in [0.2, 0.25) is 0 Å². The maximum atomic E-state index is 9.60. The quantitative estimate of drug-likeness (QED) is 0.767. The highest BCUT2D eigenvalue weighted by Crippen LogP contribution is 2.31. The lowest BCUT2D eigenvalue weighted by Gasteiger charge is -2.30. The lowest BCUT2D eigenvalue weighted by molar-refractivity contribution is 0.0618. The molecule has 100 valence electrons. The van der Waals surface area contributed by atoms with Crippen molar-refractivity contribution in [2.45, 2.75) is 19.4 Å². The van der Waals surface area contributed by atoms with Crippen molar-refractivity contribution in [3.8, 4) is 0 Å². The first-order valence-electron chi connectivity index (χ1n) is 6.64. The van der Waals surface area contributed by atoms with Crippen LogP contribution in [0.2, 0.25) is 0 Å². The van der Waals surface area contributed by atoms with Gasteiger partial charge < -0.3 is 19.6 Å². The van der Waals surface area contributed by atoms with Crippen molar-refractivity contribution in [3.05, 3.63) is 0 Å². The fourth-order valence-corrected chi connectivity index (χ4v) is 3.27. The summed E-state index contributed by atoms with van der Waals surface area (Å²) in [5.41, 5.74) is 0.000916. The molecule has 17 heavy (non-hydrogen) atoms. The summed E-state index contributed by atoms with van der Waals surface area (Å²) in [6.45, 7) is 7.35. The molecule has 2 heterocycles. The number of hydrogen-bond donors (Lipinski definition) is 1. The summed E-state index contributed by atoms with van der Waals surface area (Å²) >= 11 is 0. The Morgan fingerprint density at radius 3 is 2.65 bits per heavy atom. The number of rotatable bonds is 4. The average Bonchev–Trinajstić information content (AvgIpc) is 2.87. The van der Waals surface area contributed by atoms with Crippen molar-refractivity contribution < 1.29 is 9.84 Å². The van der Waals surface area contributed by atoms with Gasteiger partial charge in [-0.25, -0.2) is 0 Å². The molecule has 3 unspecified atom stereocenters. The van der Waals surface area contributed by atoms with Crippen molar-refractivity contribution in [1.82, 2.24) is 9.80 Å². The summed E-state index contributed by atoms with van der Waals surface area (Å²) in [6.07, 6.45) is 1.00. The van der Waals surface area contributed by atoms with Crippen molar-refractivity contribution in [2.75, 3.05) is 53.6 Å². The topological polar surface area (TPSA) is 35.9 Å². The number of aliphatic hydroxyl groups is 1. The Kier molecular flexibility index (Phi) is 4.08. The molecule has 1 N–H and O–H groups in total. The molecule has 2 rings (SSSR count). The minimum atomic E-state index is 0.000916. The molecule has 3 atom stereocenters. The van der Waals surface area contributed by atoms with Crippen LogP contribution in [0.15, 0.2) is 0 Å². The van der Waals surface area contributed by atoms with Crippen LogP contribution in [0, 0.1) is 11.3 Å². The number of likely N-dealkylation sites (N-methyl/N-ethyl adjacent to an activating group) is 1. The highest BCUT2D eigenvalue weighted by molar-refractivity contribution is 4.92. The van der Waals surface area contributed by atoms with E-state index in [9.17, 15) is 5.11 Å². The molecule has 2 aliphatic rings. The third-order valence-corrected chi connectivity index (χ3v) is 4.39. The van der Waals surface area contributed by atoms with Crippen molar-refractivity contribution in [2.24, 2.45) is 11.3 Å². The van der Waals surface area contributed by atoms with Gasteiger partial charge in [-0.2, -0.15) is 0 Å². The SMILES string of the molecule is CC1CN(CC2(CO)CCOC2)CC1N(C)C. The molecular weight excluding hydrogens is 216 g/mol. The molecule has 0 aromatic heterocycles. The van der Waals surface area contributed by atoms with Gasteiger partial charge in [0.15, 0.2) is 0 Å². The highest BCUT2D eigenvalue weighted by Gasteiger charge is 2.39. The summed E-state index contributed by atoms with van der Waals surface area (Å²) in [7, 11) is 4.32. The zero-order valence-electron chi connectivity index (χ0n) is 11.4. The molecule has 0 saturated carbocycles. The zero-order chi connectivity index (χ0) is 12.5. The van der Waals surface area contributed by atoms with E-state index in [1.54, 1.807) is 0 Å². The standard InChI is InChI=1S/C13H26N2O2/c1-11-6-15(7-12(11)14(2)3)8-13(9-16)4-5-17-10-13/h11-12,16H,4-10H2,1-3H3. The van der Waals surface area contributed by atoms with Crippen LogP contribution in [-0.2, 0) is 4.74 Å². The Bertz CT molecular complexity index is 252. The van der Waals surface area contributed by atoms with Crippen LogP contribution in [0.25, 0.3) is 0 Å². The molecule has 0 aromatic carbocycles. The third kappa shape index (κ3) is 2.81. The summed E-state index contributed by atoms with van der Waals surface area (Å²) < 4.78 is 5.47. The highest BCUT2D eigenvalue weighted by atomic mass is 16.5. The van der Waals surface area contributed by atoms with Crippen LogP contribution in [0.1, 0.15) is 13.3 Å². The van der Waals surface area contributed by atoms with E-state index in [2.05, 4.69) is 30.8 Å². The van der Waals surface area contributed by atoms with Gasteiger partial charge in [-0.15, -0.1) is 0 Å². The van der Waals surface area contributed by atoms with Crippen LogP contribution in [-0.4, -0.2) is 74.5 Å². The van der Waals surface area contributed by atoms with Crippen LogP contribution in [0.4, 0.5) is 0 Å². The Morgan fingerprint density at radius 2 is 2.18 bits per heavy atom. The Labute approximate surface area is 105 Å². The van der Waals surface area contributed by atoms with Gasteiger partial charge in [-0.05, 0) is 26.4 Å². The fourth-order valence-electron chi connectivity index (χ4n) is 3.27. The second-order valence-corrected chi connectivity index (χ2v) is 6.16. The van der Waals surface area contributed by atoms with E-state index in [0.29, 0.717) is 12.0 Å². The fraction of sp³-hybridized carbons (Fsp3) is 1.00. The van der Waals surface area contributed by atoms with Gasteiger partial charge in [0, 0.05) is 37.7 Å². The Hall–Kier alpha value is -0.160. The van der Waals surface area contributed by atoms with E-state index in [-0.39, 0.29) is 12.0 Å². The van der Waals surface area contributed by atoms with Crippen LogP contribution >= 0.6 is 0 Å². The van der Waals surface area contributed by atoms with E-state index in [1.807, 2.05) is 0 Å². The lowest BCUT2D eigenvalue weighted by Crippen LogP contribution is -2.41. The molecule has 2 fully saturated rings. The first-order chi connectivity index (χ1) is 8.06. The Balaban J connectivity index is 1.92. The van der Waals surface area contributed by atoms with Gasteiger partial charge in [0.25, 0.3) is 0 Å². The zero-order valence-corrected chi connectivity index (χ0v) is 11.4. The molecule has 0 aromatic rings. The first-order valence-corrected chi connectivity index (χ1v) is 6.64. The summed E-state index contributed by atoms with van der Waals surface area (Å²) in [4.78, 5) is 4.82. The normalized spacial score (nSPS) is 39.4. The summed E-state index contributed by atoms with van der Waals surface area (Å²) in [6, 6.07) is 0.646. The van der Waals surface area contributed by atoms with Gasteiger partial charge in [-0.3, -0.25) is 0 Å². The van der Waals surface area contributed by atoms with Crippen LogP contribution in [0.5, 0.6) is 0 Å². The van der Waals surface area contributed by atoms with E-state index >= 15 is 0 Å². The number of nitrogens with zero attached hydrogens (tertiary/aromatic N) is 2. The number of aliphatic hydroxyl groups excluding tert-OH is 1. The summed E-state index contributed by atoms with van der Waals surface area (Å²) in [5, 5.41) is 9.60. The molecular formula is C13H26N2O2. The monoisotopic (exact) mass is 242 g/mol. The molecule has 2 saturated heterocycles. The van der Waals surface area contributed by atoms with E-state index in [4.69, 9.17) is 4.74 Å². The predicted molar refractivity (Wildman–Crippen MR) is 68.0 cm³/mol. The molecule has 0 amide bonds. The first kappa shape index (κ1) is 13.3. The molecule has 2 aliphatic heterocycles. The second kappa shape index (κ2) is 5.22. The van der Waals surface area contributed by atoms with Crippen molar-refractivity contribution in [1.29, 1.82) is 0 Å². The minimum absolute atomic E-state index is 0.000916. The molecule has 4 heteroatoms. The van der Waals surface area contributed by atoms with Crippen LogP contribution in [0.3, 0.4) is 0 Å². The number of likely N-dealkylation sites (tertiary alicyclic amines) is 1.